The summed E-state index contributed by atoms with van der Waals surface area (Å²) in [5.74, 6) is 2.27. The zero-order valence-electron chi connectivity index (χ0n) is 9.82. The molecule has 0 aliphatic carbocycles. The topological polar surface area (TPSA) is 41.1 Å². The molecule has 0 aromatic heterocycles. The van der Waals surface area contributed by atoms with E-state index in [0.717, 1.165) is 27.3 Å². The van der Waals surface area contributed by atoms with Gasteiger partial charge in [0.2, 0.25) is 5.91 Å². The number of benzene rings is 1. The molecule has 2 N–H and O–H groups in total. The van der Waals surface area contributed by atoms with E-state index in [-0.39, 0.29) is 18.3 Å². The summed E-state index contributed by atoms with van der Waals surface area (Å²) < 4.78 is 1.13. The van der Waals surface area contributed by atoms with Gasteiger partial charge in [-0.3, -0.25) is 4.79 Å². The average Bonchev–Trinajstić information content (AvgIpc) is 2.30. The van der Waals surface area contributed by atoms with Crippen molar-refractivity contribution in [2.24, 2.45) is 0 Å². The lowest BCUT2D eigenvalue weighted by molar-refractivity contribution is -0.116. The highest BCUT2D eigenvalue weighted by molar-refractivity contribution is 14.1. The Balaban J connectivity index is 0.00000162. The maximum absolute atomic E-state index is 11.8. The molecule has 1 heterocycles. The molecule has 100 valence electrons. The minimum Gasteiger partial charge on any atom is -0.326 e. The van der Waals surface area contributed by atoms with E-state index in [1.807, 2.05) is 36.0 Å². The molecule has 18 heavy (non-hydrogen) atoms. The molecule has 0 spiro atoms. The van der Waals surface area contributed by atoms with Crippen molar-refractivity contribution in [1.82, 2.24) is 5.32 Å². The van der Waals surface area contributed by atoms with Crippen LogP contribution in [0, 0.1) is 3.57 Å². The third-order valence-electron chi connectivity index (χ3n) is 2.54. The zero-order chi connectivity index (χ0) is 12.1. The fourth-order valence-corrected chi connectivity index (χ4v) is 3.25. The summed E-state index contributed by atoms with van der Waals surface area (Å²) in [4.78, 5) is 11.8. The predicted molar refractivity (Wildman–Crippen MR) is 88.8 cm³/mol. The van der Waals surface area contributed by atoms with Crippen molar-refractivity contribution in [3.8, 4) is 0 Å². The van der Waals surface area contributed by atoms with E-state index in [1.54, 1.807) is 0 Å². The normalized spacial score (nSPS) is 18.8. The minimum absolute atomic E-state index is 0. The third-order valence-corrected chi connectivity index (χ3v) is 4.34. The molecule has 0 bridgehead atoms. The molecule has 1 aliphatic heterocycles. The number of hydrogen-bond donors (Lipinski definition) is 2. The number of rotatable bonds is 3. The van der Waals surface area contributed by atoms with Crippen LogP contribution >= 0.6 is 46.8 Å². The summed E-state index contributed by atoms with van der Waals surface area (Å²) >= 11 is 4.15. The van der Waals surface area contributed by atoms with E-state index < -0.39 is 0 Å². The molecule has 6 heteroatoms. The number of nitrogens with one attached hydrogen (secondary N) is 2. The molecule has 1 unspecified atom stereocenters. The molecule has 0 radical (unpaired) electrons. The van der Waals surface area contributed by atoms with Gasteiger partial charge in [-0.2, -0.15) is 11.8 Å². The number of carbonyl (C=O) groups is 1. The highest BCUT2D eigenvalue weighted by Gasteiger charge is 2.16. The van der Waals surface area contributed by atoms with Gasteiger partial charge in [-0.1, -0.05) is 6.07 Å². The molecule has 1 amide bonds. The second kappa shape index (κ2) is 8.24. The largest absolute Gasteiger partial charge is 0.326 e. The Morgan fingerprint density at radius 2 is 2.39 bits per heavy atom. The molecule has 2 rings (SSSR count). The fourth-order valence-electron chi connectivity index (χ4n) is 1.75. The quantitative estimate of drug-likeness (QED) is 0.769. The van der Waals surface area contributed by atoms with Gasteiger partial charge in [-0.15, -0.1) is 12.4 Å². The zero-order valence-corrected chi connectivity index (χ0v) is 13.6. The monoisotopic (exact) mass is 398 g/mol. The van der Waals surface area contributed by atoms with Crippen LogP contribution in [0.3, 0.4) is 0 Å². The maximum atomic E-state index is 11.8. The van der Waals surface area contributed by atoms with E-state index in [2.05, 4.69) is 33.2 Å². The van der Waals surface area contributed by atoms with Gasteiger partial charge in [0, 0.05) is 39.8 Å². The van der Waals surface area contributed by atoms with Crippen LogP contribution in [0.2, 0.25) is 0 Å². The van der Waals surface area contributed by atoms with Crippen molar-refractivity contribution in [3.05, 3.63) is 27.8 Å². The molecule has 1 fully saturated rings. The van der Waals surface area contributed by atoms with Crippen LogP contribution in [0.25, 0.3) is 0 Å². The van der Waals surface area contributed by atoms with E-state index >= 15 is 0 Å². The van der Waals surface area contributed by atoms with Gasteiger partial charge in [0.05, 0.1) is 0 Å². The fraction of sp³-hybridized carbons (Fsp3) is 0.417. The second-order valence-electron chi connectivity index (χ2n) is 3.99. The molecular formula is C12H16ClIN2OS. The van der Waals surface area contributed by atoms with Crippen molar-refractivity contribution < 1.29 is 4.79 Å². The lowest BCUT2D eigenvalue weighted by atomic mass is 10.2. The Kier molecular flexibility index (Phi) is 7.36. The molecule has 1 saturated heterocycles. The number of hydrogen-bond acceptors (Lipinski definition) is 3. The Labute approximate surface area is 131 Å². The van der Waals surface area contributed by atoms with Crippen LogP contribution in [0.4, 0.5) is 5.69 Å². The number of amides is 1. The van der Waals surface area contributed by atoms with Crippen LogP contribution < -0.4 is 10.6 Å². The summed E-state index contributed by atoms with van der Waals surface area (Å²) in [6, 6.07) is 8.17. The SMILES string of the molecule is Cl.O=C(CC1CSCCN1)Nc1cccc(I)c1. The highest BCUT2D eigenvalue weighted by atomic mass is 127. The van der Waals surface area contributed by atoms with Gasteiger partial charge in [-0.05, 0) is 40.8 Å². The lowest BCUT2D eigenvalue weighted by Gasteiger charge is -2.22. The minimum atomic E-state index is 0. The van der Waals surface area contributed by atoms with Crippen LogP contribution in [0.15, 0.2) is 24.3 Å². The highest BCUT2D eigenvalue weighted by Crippen LogP contribution is 2.14. The van der Waals surface area contributed by atoms with Crippen LogP contribution in [0.1, 0.15) is 6.42 Å². The molecule has 1 atom stereocenters. The van der Waals surface area contributed by atoms with Crippen LogP contribution in [-0.4, -0.2) is 30.0 Å². The van der Waals surface area contributed by atoms with E-state index in [4.69, 9.17) is 0 Å². The van der Waals surface area contributed by atoms with Crippen molar-refractivity contribution in [2.45, 2.75) is 12.5 Å². The van der Waals surface area contributed by atoms with Crippen molar-refractivity contribution in [3.63, 3.8) is 0 Å². The van der Waals surface area contributed by atoms with Crippen LogP contribution in [-0.2, 0) is 4.79 Å². The Hall–Kier alpha value is 0.0200. The van der Waals surface area contributed by atoms with Crippen LogP contribution in [0.5, 0.6) is 0 Å². The number of halogens is 2. The molecule has 0 saturated carbocycles. The number of anilines is 1. The number of carbonyl (C=O) groups excluding carboxylic acids is 1. The van der Waals surface area contributed by atoms with Gasteiger partial charge in [0.15, 0.2) is 0 Å². The molecule has 1 aromatic carbocycles. The number of thioether (sulfide) groups is 1. The summed E-state index contributed by atoms with van der Waals surface area (Å²) in [5.41, 5.74) is 0.880. The standard InChI is InChI=1S/C12H15IN2OS.ClH/c13-9-2-1-3-10(6-9)15-12(16)7-11-8-17-5-4-14-11;/h1-3,6,11,14H,4-5,7-8H2,(H,15,16);1H. The van der Waals surface area contributed by atoms with E-state index in [0.29, 0.717) is 12.5 Å². The van der Waals surface area contributed by atoms with Gasteiger partial charge >= 0.3 is 0 Å². The third kappa shape index (κ3) is 5.34. The van der Waals surface area contributed by atoms with Gasteiger partial charge in [-0.25, -0.2) is 0 Å². The van der Waals surface area contributed by atoms with Gasteiger partial charge in [0.25, 0.3) is 0 Å². The van der Waals surface area contributed by atoms with Gasteiger partial charge in [0.1, 0.15) is 0 Å². The molecule has 1 aliphatic rings. The Morgan fingerprint density at radius 3 is 3.06 bits per heavy atom. The smallest absolute Gasteiger partial charge is 0.225 e. The van der Waals surface area contributed by atoms with Gasteiger partial charge < -0.3 is 10.6 Å². The van der Waals surface area contributed by atoms with Crippen molar-refractivity contribution in [1.29, 1.82) is 0 Å². The molecule has 1 aromatic rings. The first-order valence-corrected chi connectivity index (χ1v) is 7.84. The average molecular weight is 399 g/mol. The molecule has 3 nitrogen and oxygen atoms in total. The summed E-state index contributed by atoms with van der Waals surface area (Å²) in [6.45, 7) is 1.01. The second-order valence-corrected chi connectivity index (χ2v) is 6.38. The first-order valence-electron chi connectivity index (χ1n) is 5.60. The van der Waals surface area contributed by atoms with Crippen molar-refractivity contribution >= 4 is 58.4 Å². The predicted octanol–water partition coefficient (Wildman–Crippen LogP) is 2.75. The first kappa shape index (κ1) is 16.1. The van der Waals surface area contributed by atoms with E-state index in [9.17, 15) is 4.79 Å². The summed E-state index contributed by atoms with van der Waals surface area (Å²) in [7, 11) is 0. The first-order chi connectivity index (χ1) is 8.24. The van der Waals surface area contributed by atoms with E-state index in [1.165, 1.54) is 0 Å². The lowest BCUT2D eigenvalue weighted by Crippen LogP contribution is -2.39. The Morgan fingerprint density at radius 1 is 1.56 bits per heavy atom. The maximum Gasteiger partial charge on any atom is 0.225 e. The summed E-state index contributed by atoms with van der Waals surface area (Å²) in [5, 5.41) is 6.30. The summed E-state index contributed by atoms with van der Waals surface area (Å²) in [6.07, 6.45) is 0.554. The van der Waals surface area contributed by atoms with Crippen molar-refractivity contribution in [2.75, 3.05) is 23.4 Å². The Bertz CT molecular complexity index is 399. The molecular weight excluding hydrogens is 383 g/mol.